The summed E-state index contributed by atoms with van der Waals surface area (Å²) in [5, 5.41) is 1.79. The van der Waals surface area contributed by atoms with E-state index in [1.165, 1.54) is 6.42 Å². The van der Waals surface area contributed by atoms with Crippen LogP contribution in [0, 0.1) is 11.8 Å². The molecule has 0 radical (unpaired) electrons. The summed E-state index contributed by atoms with van der Waals surface area (Å²) in [6.07, 6.45) is 2.17. The first-order valence-electron chi connectivity index (χ1n) is 5.45. The number of piperidine rings is 1. The van der Waals surface area contributed by atoms with Gasteiger partial charge in [0.05, 0.1) is 5.92 Å². The molecule has 2 atom stereocenters. The molecule has 4 heteroatoms. The minimum Gasteiger partial charge on any atom is -0.342 e. The van der Waals surface area contributed by atoms with Crippen LogP contribution >= 0.6 is 0 Å². The third kappa shape index (κ3) is 1.91. The van der Waals surface area contributed by atoms with Gasteiger partial charge in [0.15, 0.2) is 0 Å². The topological polar surface area (TPSA) is 49.6 Å². The van der Waals surface area contributed by atoms with E-state index in [0.717, 1.165) is 32.6 Å². The summed E-state index contributed by atoms with van der Waals surface area (Å²) in [6, 6.07) is 0. The average molecular weight is 197 g/mol. The average Bonchev–Trinajstić information content (AvgIpc) is 1.98. The molecule has 2 aliphatic heterocycles. The lowest BCUT2D eigenvalue weighted by Gasteiger charge is -2.38. The fraction of sp³-hybridized carbons (Fsp3) is 0.900. The molecule has 2 unspecified atom stereocenters. The normalized spacial score (nSPS) is 34.0. The Hall–Kier alpha value is -0.610. The van der Waals surface area contributed by atoms with Gasteiger partial charge in [0.2, 0.25) is 5.91 Å². The van der Waals surface area contributed by atoms with Crippen LogP contribution in [0.25, 0.3) is 0 Å². The van der Waals surface area contributed by atoms with E-state index in [0.29, 0.717) is 11.8 Å². The molecule has 0 aromatic rings. The highest BCUT2D eigenvalue weighted by molar-refractivity contribution is 5.79. The number of hydrogen-bond donors (Lipinski definition) is 1. The zero-order valence-corrected chi connectivity index (χ0v) is 8.78. The van der Waals surface area contributed by atoms with Gasteiger partial charge in [0.25, 0.3) is 0 Å². The van der Waals surface area contributed by atoms with Crippen LogP contribution in [-0.4, -0.2) is 42.0 Å². The Balaban J connectivity index is 1.92. The van der Waals surface area contributed by atoms with Gasteiger partial charge in [-0.25, -0.2) is 5.01 Å². The van der Waals surface area contributed by atoms with Crippen LogP contribution in [0.4, 0.5) is 0 Å². The third-order valence-electron chi connectivity index (χ3n) is 3.20. The Kier molecular flexibility index (Phi) is 2.74. The second-order valence-electron chi connectivity index (χ2n) is 4.67. The number of hydrazine groups is 1. The zero-order chi connectivity index (χ0) is 10.1. The van der Waals surface area contributed by atoms with E-state index in [1.807, 2.05) is 4.90 Å². The summed E-state index contributed by atoms with van der Waals surface area (Å²) < 4.78 is 0. The number of nitrogens with two attached hydrogens (primary N) is 1. The van der Waals surface area contributed by atoms with Crippen LogP contribution in [0.5, 0.6) is 0 Å². The van der Waals surface area contributed by atoms with Gasteiger partial charge in [-0.05, 0) is 18.8 Å². The Morgan fingerprint density at radius 3 is 2.57 bits per heavy atom. The number of carbonyl (C=O) groups is 1. The lowest BCUT2D eigenvalue weighted by atomic mass is 9.89. The molecule has 2 aliphatic rings. The molecule has 0 aliphatic carbocycles. The van der Waals surface area contributed by atoms with Crippen molar-refractivity contribution in [2.45, 2.75) is 19.8 Å². The van der Waals surface area contributed by atoms with Crippen LogP contribution in [-0.2, 0) is 4.79 Å². The maximum Gasteiger partial charge on any atom is 0.227 e. The molecule has 0 saturated carbocycles. The van der Waals surface area contributed by atoms with Crippen molar-refractivity contribution in [1.29, 1.82) is 0 Å². The number of rotatable bonds is 1. The molecule has 2 N–H and O–H groups in total. The molecular formula is C10H19N3O. The van der Waals surface area contributed by atoms with Crippen LogP contribution in [0.1, 0.15) is 19.8 Å². The molecule has 1 amide bonds. The Morgan fingerprint density at radius 1 is 1.36 bits per heavy atom. The Labute approximate surface area is 85.0 Å². The molecule has 2 heterocycles. The molecule has 0 aromatic carbocycles. The smallest absolute Gasteiger partial charge is 0.227 e. The van der Waals surface area contributed by atoms with Crippen LogP contribution in [0.3, 0.4) is 0 Å². The first kappa shape index (κ1) is 9.93. The summed E-state index contributed by atoms with van der Waals surface area (Å²) in [5.41, 5.74) is 0. The van der Waals surface area contributed by atoms with Crippen molar-refractivity contribution in [2.24, 2.45) is 17.7 Å². The predicted octanol–water partition coefficient (Wildman–Crippen LogP) is 0.0504. The highest BCUT2D eigenvalue weighted by atomic mass is 16.2. The van der Waals surface area contributed by atoms with Crippen LogP contribution in [0.15, 0.2) is 0 Å². The van der Waals surface area contributed by atoms with Gasteiger partial charge < -0.3 is 4.90 Å². The Bertz CT molecular complexity index is 217. The summed E-state index contributed by atoms with van der Waals surface area (Å²) in [7, 11) is 0. The number of carbonyl (C=O) groups excluding carboxylic acids is 1. The van der Waals surface area contributed by atoms with Crippen LogP contribution < -0.4 is 5.84 Å². The second kappa shape index (κ2) is 3.87. The summed E-state index contributed by atoms with van der Waals surface area (Å²) in [5.74, 6) is 6.78. The molecule has 2 saturated heterocycles. The number of hydrogen-bond acceptors (Lipinski definition) is 3. The van der Waals surface area contributed by atoms with E-state index in [4.69, 9.17) is 5.84 Å². The third-order valence-corrected chi connectivity index (χ3v) is 3.20. The van der Waals surface area contributed by atoms with Crippen molar-refractivity contribution in [3.8, 4) is 0 Å². The van der Waals surface area contributed by atoms with Crippen molar-refractivity contribution in [2.75, 3.05) is 26.2 Å². The van der Waals surface area contributed by atoms with Gasteiger partial charge in [0.1, 0.15) is 0 Å². The van der Waals surface area contributed by atoms with Gasteiger partial charge in [-0.15, -0.1) is 0 Å². The minimum atomic E-state index is 0.143. The lowest BCUT2D eigenvalue weighted by Crippen LogP contribution is -2.52. The monoisotopic (exact) mass is 197 g/mol. The largest absolute Gasteiger partial charge is 0.342 e. The lowest BCUT2D eigenvalue weighted by molar-refractivity contribution is -0.141. The van der Waals surface area contributed by atoms with E-state index >= 15 is 0 Å². The SMILES string of the molecule is CC1CC(C(=O)N2CCC2)CN(N)C1. The molecule has 2 fully saturated rings. The maximum atomic E-state index is 11.9. The van der Waals surface area contributed by atoms with Gasteiger partial charge in [0, 0.05) is 26.2 Å². The van der Waals surface area contributed by atoms with Crippen LogP contribution in [0.2, 0.25) is 0 Å². The van der Waals surface area contributed by atoms with Gasteiger partial charge in [-0.3, -0.25) is 10.6 Å². The van der Waals surface area contributed by atoms with Crippen molar-refractivity contribution in [3.05, 3.63) is 0 Å². The first-order valence-corrected chi connectivity index (χ1v) is 5.45. The van der Waals surface area contributed by atoms with Crippen molar-refractivity contribution >= 4 is 5.91 Å². The summed E-state index contributed by atoms with van der Waals surface area (Å²) >= 11 is 0. The van der Waals surface area contributed by atoms with Gasteiger partial charge in [-0.2, -0.15) is 0 Å². The fourth-order valence-electron chi connectivity index (χ4n) is 2.37. The van der Waals surface area contributed by atoms with Gasteiger partial charge >= 0.3 is 0 Å². The van der Waals surface area contributed by atoms with Crippen molar-refractivity contribution in [1.82, 2.24) is 9.91 Å². The summed E-state index contributed by atoms with van der Waals surface area (Å²) in [6.45, 7) is 5.72. The fourth-order valence-corrected chi connectivity index (χ4v) is 2.37. The predicted molar refractivity (Wildman–Crippen MR) is 54.2 cm³/mol. The maximum absolute atomic E-state index is 11.9. The van der Waals surface area contributed by atoms with E-state index < -0.39 is 0 Å². The molecule has 0 spiro atoms. The van der Waals surface area contributed by atoms with Crippen molar-refractivity contribution in [3.63, 3.8) is 0 Å². The van der Waals surface area contributed by atoms with Gasteiger partial charge in [-0.1, -0.05) is 6.92 Å². The number of amides is 1. The molecule has 2 rings (SSSR count). The highest BCUT2D eigenvalue weighted by Gasteiger charge is 2.32. The second-order valence-corrected chi connectivity index (χ2v) is 4.67. The first-order chi connectivity index (χ1) is 6.66. The van der Waals surface area contributed by atoms with E-state index in [9.17, 15) is 4.79 Å². The molecule has 4 nitrogen and oxygen atoms in total. The molecule has 14 heavy (non-hydrogen) atoms. The highest BCUT2D eigenvalue weighted by Crippen LogP contribution is 2.23. The van der Waals surface area contributed by atoms with E-state index in [-0.39, 0.29) is 5.92 Å². The summed E-state index contributed by atoms with van der Waals surface area (Å²) in [4.78, 5) is 13.9. The quantitative estimate of drug-likeness (QED) is 0.604. The molecule has 80 valence electrons. The zero-order valence-electron chi connectivity index (χ0n) is 8.78. The standard InChI is InChI=1S/C10H19N3O/c1-8-5-9(7-13(11)6-8)10(14)12-3-2-4-12/h8-9H,2-7,11H2,1H3. The number of likely N-dealkylation sites (tertiary alicyclic amines) is 1. The molecular weight excluding hydrogens is 178 g/mol. The van der Waals surface area contributed by atoms with E-state index in [2.05, 4.69) is 6.92 Å². The molecule has 0 aromatic heterocycles. The van der Waals surface area contributed by atoms with Crippen molar-refractivity contribution < 1.29 is 4.79 Å². The van der Waals surface area contributed by atoms with E-state index in [1.54, 1.807) is 5.01 Å². The Morgan fingerprint density at radius 2 is 2.07 bits per heavy atom. The minimum absolute atomic E-state index is 0.143. The number of nitrogens with zero attached hydrogens (tertiary/aromatic N) is 2. The molecule has 0 bridgehead atoms.